The van der Waals surface area contributed by atoms with Crippen LogP contribution in [-0.4, -0.2) is 33.5 Å². The summed E-state index contributed by atoms with van der Waals surface area (Å²) in [6, 6.07) is 1.13. The highest BCUT2D eigenvalue weighted by Crippen LogP contribution is 2.45. The first kappa shape index (κ1) is 12.7. The van der Waals surface area contributed by atoms with Crippen molar-refractivity contribution in [3.63, 3.8) is 0 Å². The van der Waals surface area contributed by atoms with Gasteiger partial charge in [0, 0.05) is 12.0 Å². The van der Waals surface area contributed by atoms with Crippen molar-refractivity contribution >= 4 is 5.97 Å². The lowest BCUT2D eigenvalue weighted by Crippen LogP contribution is -2.45. The summed E-state index contributed by atoms with van der Waals surface area (Å²) in [5.41, 5.74) is 0.0744. The molecule has 2 unspecified atom stereocenters. The van der Waals surface area contributed by atoms with Gasteiger partial charge in [0.05, 0.1) is 6.61 Å². The van der Waals surface area contributed by atoms with Crippen molar-refractivity contribution < 1.29 is 24.9 Å². The minimum atomic E-state index is -1.05. The van der Waals surface area contributed by atoms with Gasteiger partial charge in [0.25, 0.3) is 0 Å². The lowest BCUT2D eigenvalue weighted by molar-refractivity contribution is -0.0559. The summed E-state index contributed by atoms with van der Waals surface area (Å²) in [5, 5.41) is 28.9. The molecule has 1 aliphatic heterocycles. The Labute approximate surface area is 105 Å². The molecule has 1 aromatic rings. The second-order valence-electron chi connectivity index (χ2n) is 4.91. The van der Waals surface area contributed by atoms with Gasteiger partial charge in [0.2, 0.25) is 0 Å². The molecule has 3 N–H and O–H groups in total. The van der Waals surface area contributed by atoms with Gasteiger partial charge >= 0.3 is 5.97 Å². The van der Waals surface area contributed by atoms with Crippen molar-refractivity contribution in [3.05, 3.63) is 22.8 Å². The number of phenolic OH excluding ortho intramolecular Hbond substituents is 2. The monoisotopic (exact) mass is 252 g/mol. The molecular weight excluding hydrogens is 236 g/mol. The zero-order chi connectivity index (χ0) is 13.7. The van der Waals surface area contributed by atoms with Crippen molar-refractivity contribution in [1.82, 2.24) is 0 Å². The van der Waals surface area contributed by atoms with Gasteiger partial charge < -0.3 is 20.1 Å². The van der Waals surface area contributed by atoms with Crippen LogP contribution in [0, 0.1) is 6.92 Å². The van der Waals surface area contributed by atoms with Crippen LogP contribution in [0.3, 0.4) is 0 Å². The van der Waals surface area contributed by atoms with E-state index >= 15 is 0 Å². The molecule has 0 aromatic heterocycles. The quantitative estimate of drug-likeness (QED) is 0.658. The topological polar surface area (TPSA) is 87.0 Å². The number of cyclic esters (lactones) is 1. The summed E-state index contributed by atoms with van der Waals surface area (Å²) in [6.45, 7) is 4.75. The summed E-state index contributed by atoms with van der Waals surface area (Å²) in [4.78, 5) is 11.9. The fraction of sp³-hybridized carbons (Fsp3) is 0.462. The number of aromatic hydroxyl groups is 2. The number of phenols is 2. The standard InChI is InChI=1S/C13H16O5/c1-6-8(15)4-9(16)11-10(6)7(2)13(3,5-14)18-12(11)17/h4,7,14-16H,5H2,1-3H3. The molecule has 1 heterocycles. The van der Waals surface area contributed by atoms with Crippen LogP contribution in [0.15, 0.2) is 6.07 Å². The van der Waals surface area contributed by atoms with Crippen LogP contribution in [0.25, 0.3) is 0 Å². The predicted octanol–water partition coefficient (Wildman–Crippen LogP) is 1.43. The molecule has 0 spiro atoms. The zero-order valence-electron chi connectivity index (χ0n) is 10.5. The Morgan fingerprint density at radius 1 is 1.39 bits per heavy atom. The van der Waals surface area contributed by atoms with E-state index in [4.69, 9.17) is 4.74 Å². The van der Waals surface area contributed by atoms with E-state index in [-0.39, 0.29) is 29.6 Å². The molecule has 5 heteroatoms. The van der Waals surface area contributed by atoms with Crippen LogP contribution in [0.4, 0.5) is 0 Å². The summed E-state index contributed by atoms with van der Waals surface area (Å²) in [5.74, 6) is -1.38. The highest BCUT2D eigenvalue weighted by atomic mass is 16.6. The van der Waals surface area contributed by atoms with Crippen molar-refractivity contribution in [1.29, 1.82) is 0 Å². The second-order valence-corrected chi connectivity index (χ2v) is 4.91. The molecule has 2 atom stereocenters. The van der Waals surface area contributed by atoms with E-state index in [1.165, 1.54) is 0 Å². The van der Waals surface area contributed by atoms with Crippen molar-refractivity contribution in [2.24, 2.45) is 0 Å². The summed E-state index contributed by atoms with van der Waals surface area (Å²) >= 11 is 0. The molecular formula is C13H16O5. The van der Waals surface area contributed by atoms with Gasteiger partial charge in [-0.25, -0.2) is 4.79 Å². The highest BCUT2D eigenvalue weighted by molar-refractivity contribution is 5.96. The molecule has 0 fully saturated rings. The minimum Gasteiger partial charge on any atom is -0.508 e. The van der Waals surface area contributed by atoms with E-state index < -0.39 is 11.6 Å². The first-order valence-corrected chi connectivity index (χ1v) is 5.71. The number of aliphatic hydroxyl groups is 1. The van der Waals surface area contributed by atoms with Gasteiger partial charge in [-0.05, 0) is 25.0 Å². The Morgan fingerprint density at radius 2 is 2.00 bits per heavy atom. The van der Waals surface area contributed by atoms with E-state index in [1.54, 1.807) is 20.8 Å². The van der Waals surface area contributed by atoms with E-state index in [0.717, 1.165) is 6.07 Å². The van der Waals surface area contributed by atoms with Gasteiger partial charge in [0.1, 0.15) is 22.7 Å². The average molecular weight is 252 g/mol. The van der Waals surface area contributed by atoms with E-state index in [1.807, 2.05) is 0 Å². The fourth-order valence-electron chi connectivity index (χ4n) is 2.35. The van der Waals surface area contributed by atoms with Gasteiger partial charge in [-0.15, -0.1) is 0 Å². The smallest absolute Gasteiger partial charge is 0.342 e. The summed E-state index contributed by atoms with van der Waals surface area (Å²) in [7, 11) is 0. The number of benzene rings is 1. The molecule has 1 aromatic carbocycles. The predicted molar refractivity (Wildman–Crippen MR) is 63.8 cm³/mol. The third kappa shape index (κ3) is 1.54. The molecule has 98 valence electrons. The zero-order valence-corrected chi connectivity index (χ0v) is 10.5. The normalized spacial score (nSPS) is 26.7. The maximum absolute atomic E-state index is 11.9. The van der Waals surface area contributed by atoms with Crippen LogP contribution >= 0.6 is 0 Å². The number of aliphatic hydroxyl groups excluding tert-OH is 1. The summed E-state index contributed by atoms with van der Waals surface area (Å²) in [6.07, 6.45) is 0. The largest absolute Gasteiger partial charge is 0.508 e. The molecule has 0 bridgehead atoms. The number of hydrogen-bond donors (Lipinski definition) is 3. The lowest BCUT2D eigenvalue weighted by Gasteiger charge is -2.39. The van der Waals surface area contributed by atoms with Crippen LogP contribution in [-0.2, 0) is 4.74 Å². The third-order valence-corrected chi connectivity index (χ3v) is 3.78. The number of carbonyl (C=O) groups is 1. The highest BCUT2D eigenvalue weighted by Gasteiger charge is 2.44. The Balaban J connectivity index is 2.75. The molecule has 5 nitrogen and oxygen atoms in total. The van der Waals surface area contributed by atoms with Crippen LogP contribution < -0.4 is 0 Å². The summed E-state index contributed by atoms with van der Waals surface area (Å²) < 4.78 is 5.21. The van der Waals surface area contributed by atoms with Crippen LogP contribution in [0.1, 0.15) is 41.3 Å². The van der Waals surface area contributed by atoms with E-state index in [0.29, 0.717) is 11.1 Å². The van der Waals surface area contributed by atoms with Crippen molar-refractivity contribution in [3.8, 4) is 11.5 Å². The van der Waals surface area contributed by atoms with Gasteiger partial charge in [0.15, 0.2) is 0 Å². The Kier molecular flexibility index (Phi) is 2.74. The maximum atomic E-state index is 11.9. The van der Waals surface area contributed by atoms with Crippen LogP contribution in [0.5, 0.6) is 11.5 Å². The van der Waals surface area contributed by atoms with E-state index in [2.05, 4.69) is 0 Å². The molecule has 18 heavy (non-hydrogen) atoms. The van der Waals surface area contributed by atoms with Crippen LogP contribution in [0.2, 0.25) is 0 Å². The number of esters is 1. The van der Waals surface area contributed by atoms with Gasteiger partial charge in [-0.2, -0.15) is 0 Å². The molecule has 1 aliphatic rings. The second kappa shape index (κ2) is 3.88. The molecule has 0 saturated carbocycles. The molecule has 0 saturated heterocycles. The van der Waals surface area contributed by atoms with Crippen molar-refractivity contribution in [2.45, 2.75) is 32.3 Å². The molecule has 0 radical (unpaired) electrons. The number of rotatable bonds is 1. The Hall–Kier alpha value is -1.75. The lowest BCUT2D eigenvalue weighted by atomic mass is 9.78. The number of hydrogen-bond acceptors (Lipinski definition) is 5. The first-order chi connectivity index (χ1) is 8.31. The average Bonchev–Trinajstić information content (AvgIpc) is 2.30. The minimum absolute atomic E-state index is 0.0729. The molecule has 0 aliphatic carbocycles. The van der Waals surface area contributed by atoms with Gasteiger partial charge in [-0.1, -0.05) is 6.92 Å². The molecule has 2 rings (SSSR count). The van der Waals surface area contributed by atoms with Crippen molar-refractivity contribution in [2.75, 3.05) is 6.61 Å². The molecule has 0 amide bonds. The number of fused-ring (bicyclic) bond motifs is 1. The number of carbonyl (C=O) groups excluding carboxylic acids is 1. The Bertz CT molecular complexity index is 523. The maximum Gasteiger partial charge on any atom is 0.342 e. The first-order valence-electron chi connectivity index (χ1n) is 5.71. The number of ether oxygens (including phenoxy) is 1. The SMILES string of the molecule is Cc1c(O)cc(O)c2c1C(C)C(C)(CO)OC2=O. The fourth-order valence-corrected chi connectivity index (χ4v) is 2.35. The van der Waals surface area contributed by atoms with E-state index in [9.17, 15) is 20.1 Å². The Morgan fingerprint density at radius 3 is 2.56 bits per heavy atom. The third-order valence-electron chi connectivity index (χ3n) is 3.78. The van der Waals surface area contributed by atoms with Gasteiger partial charge in [-0.3, -0.25) is 0 Å².